The Balaban J connectivity index is 0.000000342. The fourth-order valence-corrected chi connectivity index (χ4v) is 4.03. The summed E-state index contributed by atoms with van der Waals surface area (Å²) in [4.78, 5) is 0. The number of hydrogen-bond acceptors (Lipinski definition) is 1. The van der Waals surface area contributed by atoms with Gasteiger partial charge in [-0.2, -0.15) is 0 Å². The minimum absolute atomic E-state index is 0.521. The molecule has 1 atom stereocenters. The highest BCUT2D eigenvalue weighted by atomic mass is 14.8. The lowest BCUT2D eigenvalue weighted by molar-refractivity contribution is 0.515. The summed E-state index contributed by atoms with van der Waals surface area (Å²) in [5, 5.41) is 3.22. The SMILES string of the molecule is C=C/C=C(/C=C)C(=C)c1cc(C(C)C)ccc1C.CCc1cc(CC(C)CCNC)ccc1C. The van der Waals surface area contributed by atoms with Gasteiger partial charge in [0.05, 0.1) is 0 Å². The summed E-state index contributed by atoms with van der Waals surface area (Å²) < 4.78 is 0. The quantitative estimate of drug-likeness (QED) is 0.332. The predicted octanol–water partition coefficient (Wildman–Crippen LogP) is 8.78. The van der Waals surface area contributed by atoms with Gasteiger partial charge in [-0.15, -0.1) is 0 Å². The fourth-order valence-electron chi connectivity index (χ4n) is 4.03. The van der Waals surface area contributed by atoms with Crippen LogP contribution >= 0.6 is 0 Å². The minimum atomic E-state index is 0.521. The largest absolute Gasteiger partial charge is 0.320 e. The van der Waals surface area contributed by atoms with Crippen LogP contribution in [0.1, 0.15) is 73.4 Å². The van der Waals surface area contributed by atoms with Crippen molar-refractivity contribution in [2.24, 2.45) is 5.92 Å². The maximum absolute atomic E-state index is 4.19. The average molecular weight is 458 g/mol. The summed E-state index contributed by atoms with van der Waals surface area (Å²) in [5.41, 5.74) is 10.2. The second-order valence-electron chi connectivity index (χ2n) is 9.59. The summed E-state index contributed by atoms with van der Waals surface area (Å²) in [6, 6.07) is 13.5. The highest BCUT2D eigenvalue weighted by Crippen LogP contribution is 2.28. The van der Waals surface area contributed by atoms with Crippen LogP contribution in [-0.4, -0.2) is 13.6 Å². The number of benzene rings is 2. The van der Waals surface area contributed by atoms with Crippen LogP contribution in [0.15, 0.2) is 79.9 Å². The van der Waals surface area contributed by atoms with Crippen LogP contribution in [0, 0.1) is 19.8 Å². The molecule has 0 saturated heterocycles. The summed E-state index contributed by atoms with van der Waals surface area (Å²) in [6.07, 6.45) is 9.14. The molecule has 0 radical (unpaired) electrons. The molecule has 1 heteroatoms. The first-order chi connectivity index (χ1) is 16.2. The first kappa shape index (κ1) is 29.4. The lowest BCUT2D eigenvalue weighted by Crippen LogP contribution is -2.12. The molecule has 1 nitrogen and oxygen atoms in total. The van der Waals surface area contributed by atoms with Gasteiger partial charge in [0.2, 0.25) is 0 Å². The average Bonchev–Trinajstić information content (AvgIpc) is 2.82. The molecule has 0 bridgehead atoms. The van der Waals surface area contributed by atoms with Crippen molar-refractivity contribution in [1.29, 1.82) is 0 Å². The van der Waals surface area contributed by atoms with E-state index in [1.54, 1.807) is 6.08 Å². The molecule has 2 aromatic rings. The van der Waals surface area contributed by atoms with E-state index in [2.05, 4.69) is 103 Å². The van der Waals surface area contributed by atoms with E-state index in [4.69, 9.17) is 0 Å². The maximum atomic E-state index is 4.19. The van der Waals surface area contributed by atoms with Crippen molar-refractivity contribution in [3.63, 3.8) is 0 Å². The summed E-state index contributed by atoms with van der Waals surface area (Å²) in [7, 11) is 2.02. The topological polar surface area (TPSA) is 12.0 Å². The Morgan fingerprint density at radius 3 is 2.24 bits per heavy atom. The third-order valence-electron chi connectivity index (χ3n) is 6.38. The second kappa shape index (κ2) is 15.3. The van der Waals surface area contributed by atoms with Gasteiger partial charge in [-0.25, -0.2) is 0 Å². The standard InChI is InChI=1S/C18H22.C15H25N/c1-7-9-16(8-2)15(6)18-12-17(13(3)4)11-10-14(18)5;1-5-15-11-14(7-6-13(15)3)10-12(2)8-9-16-4/h7-13H,1-2,6H2,3-5H3;6-7,11-12,16H,5,8-10H2,1-4H3/b16-9-;. The monoisotopic (exact) mass is 457 g/mol. The lowest BCUT2D eigenvalue weighted by atomic mass is 9.91. The Kier molecular flexibility index (Phi) is 13.2. The highest BCUT2D eigenvalue weighted by Gasteiger charge is 2.08. The highest BCUT2D eigenvalue weighted by molar-refractivity contribution is 5.82. The second-order valence-corrected chi connectivity index (χ2v) is 9.59. The Morgan fingerprint density at radius 1 is 1.00 bits per heavy atom. The van der Waals surface area contributed by atoms with Crippen LogP contribution in [0.25, 0.3) is 5.57 Å². The van der Waals surface area contributed by atoms with Gasteiger partial charge in [-0.3, -0.25) is 0 Å². The smallest absolute Gasteiger partial charge is 0.00493 e. The molecule has 34 heavy (non-hydrogen) atoms. The Morgan fingerprint density at radius 2 is 1.68 bits per heavy atom. The molecular weight excluding hydrogens is 410 g/mol. The number of aryl methyl sites for hydroxylation is 3. The molecular formula is C33H47N. The number of rotatable bonds is 11. The molecule has 1 N–H and O–H groups in total. The zero-order valence-electron chi connectivity index (χ0n) is 22.8. The molecule has 0 aliphatic rings. The van der Waals surface area contributed by atoms with Gasteiger partial charge in [0.1, 0.15) is 0 Å². The van der Waals surface area contributed by atoms with Crippen LogP contribution in [0.4, 0.5) is 0 Å². The molecule has 0 aliphatic heterocycles. The van der Waals surface area contributed by atoms with Gasteiger partial charge in [-0.1, -0.05) is 102 Å². The van der Waals surface area contributed by atoms with Crippen LogP contribution in [-0.2, 0) is 12.8 Å². The van der Waals surface area contributed by atoms with Gasteiger partial charge in [0, 0.05) is 0 Å². The Hall–Kier alpha value is -2.64. The van der Waals surface area contributed by atoms with Gasteiger partial charge in [-0.05, 0) is 103 Å². The van der Waals surface area contributed by atoms with Crippen LogP contribution in [0.2, 0.25) is 0 Å². The molecule has 2 rings (SSSR count). The van der Waals surface area contributed by atoms with Crippen molar-refractivity contribution in [3.05, 3.63) is 113 Å². The van der Waals surface area contributed by atoms with Crippen molar-refractivity contribution in [2.45, 2.75) is 66.7 Å². The molecule has 0 saturated carbocycles. The lowest BCUT2D eigenvalue weighted by Gasteiger charge is -2.14. The van der Waals surface area contributed by atoms with Gasteiger partial charge in [0.15, 0.2) is 0 Å². The van der Waals surface area contributed by atoms with Crippen LogP contribution in [0.5, 0.6) is 0 Å². The van der Waals surface area contributed by atoms with Gasteiger partial charge < -0.3 is 5.32 Å². The van der Waals surface area contributed by atoms with Gasteiger partial charge in [0.25, 0.3) is 0 Å². The fraction of sp³-hybridized carbons (Fsp3) is 0.394. The molecule has 0 amide bonds. The number of allylic oxidation sites excluding steroid dienone is 5. The van der Waals surface area contributed by atoms with E-state index < -0.39 is 0 Å². The third kappa shape index (κ3) is 9.31. The van der Waals surface area contributed by atoms with E-state index in [1.165, 1.54) is 46.2 Å². The molecule has 1 unspecified atom stereocenters. The van der Waals surface area contributed by atoms with Crippen molar-refractivity contribution in [3.8, 4) is 0 Å². The van der Waals surface area contributed by atoms with E-state index in [0.29, 0.717) is 5.92 Å². The van der Waals surface area contributed by atoms with Crippen molar-refractivity contribution in [1.82, 2.24) is 5.32 Å². The molecule has 0 aliphatic carbocycles. The predicted molar refractivity (Wildman–Crippen MR) is 155 cm³/mol. The van der Waals surface area contributed by atoms with Crippen molar-refractivity contribution >= 4 is 5.57 Å². The van der Waals surface area contributed by atoms with E-state index in [9.17, 15) is 0 Å². The van der Waals surface area contributed by atoms with E-state index in [1.807, 2.05) is 19.2 Å². The summed E-state index contributed by atoms with van der Waals surface area (Å²) >= 11 is 0. The van der Waals surface area contributed by atoms with Crippen LogP contribution < -0.4 is 5.32 Å². The molecule has 0 aromatic heterocycles. The first-order valence-corrected chi connectivity index (χ1v) is 12.7. The maximum Gasteiger partial charge on any atom is -0.00493 e. The Bertz CT molecular complexity index is 974. The summed E-state index contributed by atoms with van der Waals surface area (Å²) in [6.45, 7) is 26.2. The first-order valence-electron chi connectivity index (χ1n) is 12.7. The normalized spacial score (nSPS) is 12.1. The Labute approximate surface area is 210 Å². The van der Waals surface area contributed by atoms with E-state index >= 15 is 0 Å². The molecule has 184 valence electrons. The number of nitrogens with one attached hydrogen (secondary N) is 1. The van der Waals surface area contributed by atoms with Crippen LogP contribution in [0.3, 0.4) is 0 Å². The molecule has 0 spiro atoms. The minimum Gasteiger partial charge on any atom is -0.320 e. The van der Waals surface area contributed by atoms with E-state index in [-0.39, 0.29) is 0 Å². The zero-order chi connectivity index (χ0) is 25.7. The van der Waals surface area contributed by atoms with Gasteiger partial charge >= 0.3 is 0 Å². The van der Waals surface area contributed by atoms with Crippen molar-refractivity contribution in [2.75, 3.05) is 13.6 Å². The number of hydrogen-bond donors (Lipinski definition) is 1. The molecule has 0 fully saturated rings. The van der Waals surface area contributed by atoms with Crippen molar-refractivity contribution < 1.29 is 0 Å². The molecule has 0 heterocycles. The van der Waals surface area contributed by atoms with E-state index in [0.717, 1.165) is 30.0 Å². The third-order valence-corrected chi connectivity index (χ3v) is 6.38. The molecule has 2 aromatic carbocycles. The zero-order valence-corrected chi connectivity index (χ0v) is 22.8. The summed E-state index contributed by atoms with van der Waals surface area (Å²) in [5.74, 6) is 1.28.